The maximum Gasteiger partial charge on any atom is 0.0508 e. The number of nitrogens with one attached hydrogen (secondary N) is 1. The number of aryl methyl sites for hydroxylation is 1. The highest BCUT2D eigenvalue weighted by atomic mass is 32.2. The van der Waals surface area contributed by atoms with Crippen LogP contribution in [0.2, 0.25) is 0 Å². The van der Waals surface area contributed by atoms with Crippen LogP contribution in [0.15, 0.2) is 12.1 Å². The van der Waals surface area contributed by atoms with Gasteiger partial charge in [0.25, 0.3) is 0 Å². The lowest BCUT2D eigenvalue weighted by Gasteiger charge is -2.17. The second-order valence-corrected chi connectivity index (χ2v) is 6.49. The van der Waals surface area contributed by atoms with Crippen molar-refractivity contribution in [2.75, 3.05) is 11.5 Å². The molecular formula is C12H19NS2. The molecule has 1 N–H and O–H groups in total. The fraction of sp³-hybridized carbons (Fsp3) is 0.667. The zero-order chi connectivity index (χ0) is 10.7. The van der Waals surface area contributed by atoms with Crippen molar-refractivity contribution in [2.45, 2.75) is 38.8 Å². The predicted molar refractivity (Wildman–Crippen MR) is 71.0 cm³/mol. The number of thiophene rings is 1. The van der Waals surface area contributed by atoms with Crippen LogP contribution in [0.5, 0.6) is 0 Å². The molecule has 2 rings (SSSR count). The monoisotopic (exact) mass is 241 g/mol. The van der Waals surface area contributed by atoms with Crippen LogP contribution in [0.1, 0.15) is 36.1 Å². The van der Waals surface area contributed by atoms with Gasteiger partial charge in [-0.15, -0.1) is 11.3 Å². The molecule has 15 heavy (non-hydrogen) atoms. The Morgan fingerprint density at radius 3 is 3.07 bits per heavy atom. The summed E-state index contributed by atoms with van der Waals surface area (Å²) in [5.74, 6) is 2.53. The molecule has 2 unspecified atom stereocenters. The average molecular weight is 241 g/mol. The van der Waals surface area contributed by atoms with Gasteiger partial charge in [-0.2, -0.15) is 11.8 Å². The smallest absolute Gasteiger partial charge is 0.0508 e. The van der Waals surface area contributed by atoms with E-state index in [-0.39, 0.29) is 0 Å². The summed E-state index contributed by atoms with van der Waals surface area (Å²) in [6.45, 7) is 4.53. The Hall–Kier alpha value is 0.01000. The first-order chi connectivity index (χ1) is 7.29. The van der Waals surface area contributed by atoms with E-state index >= 15 is 0 Å². The van der Waals surface area contributed by atoms with Crippen LogP contribution in [0.4, 0.5) is 0 Å². The molecule has 84 valence electrons. The maximum absolute atomic E-state index is 3.72. The van der Waals surface area contributed by atoms with Crippen molar-refractivity contribution in [3.63, 3.8) is 0 Å². The molecule has 0 amide bonds. The van der Waals surface area contributed by atoms with Crippen LogP contribution in [0, 0.1) is 0 Å². The molecule has 2 atom stereocenters. The van der Waals surface area contributed by atoms with Gasteiger partial charge in [0.05, 0.1) is 6.04 Å². The van der Waals surface area contributed by atoms with Crippen molar-refractivity contribution in [1.29, 1.82) is 0 Å². The Bertz CT molecular complexity index is 308. The summed E-state index contributed by atoms with van der Waals surface area (Å²) >= 11 is 4.06. The van der Waals surface area contributed by atoms with E-state index in [2.05, 4.69) is 43.1 Å². The first-order valence-electron chi connectivity index (χ1n) is 5.72. The topological polar surface area (TPSA) is 12.0 Å². The quantitative estimate of drug-likeness (QED) is 0.851. The molecule has 0 aliphatic carbocycles. The fourth-order valence-electron chi connectivity index (χ4n) is 1.87. The van der Waals surface area contributed by atoms with E-state index in [9.17, 15) is 0 Å². The van der Waals surface area contributed by atoms with Crippen molar-refractivity contribution in [2.24, 2.45) is 0 Å². The standard InChI is InChI=1S/C12H19NS2/c1-3-10-4-5-12(15-10)11-8-14-7-6-9(2)13-11/h4-5,9,11,13H,3,6-8H2,1-2H3. The molecule has 1 saturated heterocycles. The second kappa shape index (κ2) is 5.37. The minimum absolute atomic E-state index is 0.581. The third kappa shape index (κ3) is 2.99. The van der Waals surface area contributed by atoms with E-state index in [0.29, 0.717) is 12.1 Å². The Labute approximate surface area is 101 Å². The largest absolute Gasteiger partial charge is 0.306 e. The third-order valence-electron chi connectivity index (χ3n) is 2.84. The van der Waals surface area contributed by atoms with Crippen molar-refractivity contribution in [3.8, 4) is 0 Å². The summed E-state index contributed by atoms with van der Waals surface area (Å²) in [7, 11) is 0. The summed E-state index contributed by atoms with van der Waals surface area (Å²) in [4.78, 5) is 3.03. The molecule has 0 saturated carbocycles. The van der Waals surface area contributed by atoms with Gasteiger partial charge in [0, 0.05) is 21.5 Å². The van der Waals surface area contributed by atoms with Crippen LogP contribution in [-0.4, -0.2) is 17.5 Å². The highest BCUT2D eigenvalue weighted by molar-refractivity contribution is 7.99. The number of hydrogen-bond donors (Lipinski definition) is 1. The van der Waals surface area contributed by atoms with Gasteiger partial charge in [0.15, 0.2) is 0 Å². The van der Waals surface area contributed by atoms with Gasteiger partial charge in [-0.05, 0) is 37.7 Å². The van der Waals surface area contributed by atoms with E-state index in [1.807, 2.05) is 11.3 Å². The molecule has 1 aliphatic rings. The number of thioether (sulfide) groups is 1. The fourth-order valence-corrected chi connectivity index (χ4v) is 4.19. The van der Waals surface area contributed by atoms with Crippen molar-refractivity contribution in [1.82, 2.24) is 5.32 Å². The molecule has 0 radical (unpaired) electrons. The normalized spacial score (nSPS) is 27.6. The van der Waals surface area contributed by atoms with Crippen molar-refractivity contribution < 1.29 is 0 Å². The Kier molecular flexibility index (Phi) is 4.12. The molecule has 1 fully saturated rings. The zero-order valence-electron chi connectivity index (χ0n) is 9.45. The molecule has 1 aromatic heterocycles. The van der Waals surface area contributed by atoms with Gasteiger partial charge >= 0.3 is 0 Å². The summed E-state index contributed by atoms with van der Waals surface area (Å²) in [5.41, 5.74) is 0. The minimum atomic E-state index is 0.581. The molecule has 0 aromatic carbocycles. The SMILES string of the molecule is CCc1ccc(C2CSCCC(C)N2)s1. The Morgan fingerprint density at radius 1 is 1.47 bits per heavy atom. The maximum atomic E-state index is 3.72. The van der Waals surface area contributed by atoms with Gasteiger partial charge < -0.3 is 5.32 Å². The van der Waals surface area contributed by atoms with Crippen LogP contribution in [0.3, 0.4) is 0 Å². The zero-order valence-corrected chi connectivity index (χ0v) is 11.1. The number of rotatable bonds is 2. The van der Waals surface area contributed by atoms with Crippen LogP contribution >= 0.6 is 23.1 Å². The van der Waals surface area contributed by atoms with Gasteiger partial charge in [0.1, 0.15) is 0 Å². The lowest BCUT2D eigenvalue weighted by Crippen LogP contribution is -2.29. The van der Waals surface area contributed by atoms with Crippen LogP contribution in [-0.2, 0) is 6.42 Å². The van der Waals surface area contributed by atoms with Crippen molar-refractivity contribution >= 4 is 23.1 Å². The minimum Gasteiger partial charge on any atom is -0.306 e. The van der Waals surface area contributed by atoms with E-state index in [1.54, 1.807) is 0 Å². The first-order valence-corrected chi connectivity index (χ1v) is 7.69. The van der Waals surface area contributed by atoms with Gasteiger partial charge in [-0.3, -0.25) is 0 Å². The third-order valence-corrected chi connectivity index (χ3v) is 5.28. The molecule has 1 aromatic rings. The Balaban J connectivity index is 2.07. The van der Waals surface area contributed by atoms with Crippen LogP contribution in [0.25, 0.3) is 0 Å². The summed E-state index contributed by atoms with van der Waals surface area (Å²) < 4.78 is 0. The molecule has 3 heteroatoms. The first kappa shape index (κ1) is 11.5. The lowest BCUT2D eigenvalue weighted by molar-refractivity contribution is 0.489. The molecular weight excluding hydrogens is 222 g/mol. The Morgan fingerprint density at radius 2 is 2.33 bits per heavy atom. The van der Waals surface area contributed by atoms with Gasteiger partial charge in [-0.25, -0.2) is 0 Å². The second-order valence-electron chi connectivity index (χ2n) is 4.14. The average Bonchev–Trinajstić information content (AvgIpc) is 2.61. The van der Waals surface area contributed by atoms with Gasteiger partial charge in [0.2, 0.25) is 0 Å². The highest BCUT2D eigenvalue weighted by Gasteiger charge is 2.19. The summed E-state index contributed by atoms with van der Waals surface area (Å²) in [6, 6.07) is 5.83. The van der Waals surface area contributed by atoms with E-state index in [4.69, 9.17) is 0 Å². The predicted octanol–water partition coefficient (Wildman–Crippen LogP) is 3.47. The highest BCUT2D eigenvalue weighted by Crippen LogP contribution is 2.29. The summed E-state index contributed by atoms with van der Waals surface area (Å²) in [5, 5.41) is 3.72. The van der Waals surface area contributed by atoms with E-state index < -0.39 is 0 Å². The van der Waals surface area contributed by atoms with E-state index in [0.717, 1.165) is 0 Å². The lowest BCUT2D eigenvalue weighted by atomic mass is 10.2. The molecule has 1 aliphatic heterocycles. The van der Waals surface area contributed by atoms with Gasteiger partial charge in [-0.1, -0.05) is 6.92 Å². The summed E-state index contributed by atoms with van der Waals surface area (Å²) in [6.07, 6.45) is 2.47. The van der Waals surface area contributed by atoms with E-state index in [1.165, 1.54) is 34.1 Å². The van der Waals surface area contributed by atoms with Crippen molar-refractivity contribution in [3.05, 3.63) is 21.9 Å². The van der Waals surface area contributed by atoms with Crippen LogP contribution < -0.4 is 5.32 Å². The molecule has 0 spiro atoms. The molecule has 2 heterocycles. The molecule has 0 bridgehead atoms. The molecule has 1 nitrogen and oxygen atoms in total. The number of hydrogen-bond acceptors (Lipinski definition) is 3.